The van der Waals surface area contributed by atoms with Crippen LogP contribution in [0.2, 0.25) is 0 Å². The first-order valence-electron chi connectivity index (χ1n) is 9.13. The number of benzene rings is 1. The lowest BCUT2D eigenvalue weighted by Crippen LogP contribution is -2.24. The Bertz CT molecular complexity index is 964. The van der Waals surface area contributed by atoms with Gasteiger partial charge in [-0.2, -0.15) is 5.10 Å². The molecule has 0 spiro atoms. The van der Waals surface area contributed by atoms with Crippen LogP contribution in [0.25, 0.3) is 0 Å². The Hall–Kier alpha value is -3.07. The maximum atomic E-state index is 12.4. The van der Waals surface area contributed by atoms with E-state index in [4.69, 9.17) is 4.52 Å². The number of anilines is 2. The van der Waals surface area contributed by atoms with Crippen molar-refractivity contribution in [2.45, 2.75) is 32.6 Å². The van der Waals surface area contributed by atoms with Crippen LogP contribution in [0.1, 0.15) is 30.0 Å². The summed E-state index contributed by atoms with van der Waals surface area (Å²) in [5, 5.41) is 13.7. The normalized spacial score (nSPS) is 11.8. The summed E-state index contributed by atoms with van der Waals surface area (Å²) >= 11 is 1.49. The number of nitrogens with one attached hydrogen (secondary N) is 2. The summed E-state index contributed by atoms with van der Waals surface area (Å²) < 4.78 is 6.71. The van der Waals surface area contributed by atoms with Crippen LogP contribution in [0.3, 0.4) is 0 Å². The molecule has 1 unspecified atom stereocenters. The van der Waals surface area contributed by atoms with Crippen molar-refractivity contribution in [3.63, 3.8) is 0 Å². The van der Waals surface area contributed by atoms with E-state index in [1.165, 1.54) is 11.8 Å². The van der Waals surface area contributed by atoms with E-state index in [1.54, 1.807) is 54.3 Å². The molecular weight excluding hydrogens is 390 g/mol. The van der Waals surface area contributed by atoms with Gasteiger partial charge in [0.1, 0.15) is 11.8 Å². The fourth-order valence-electron chi connectivity index (χ4n) is 2.70. The molecule has 29 heavy (non-hydrogen) atoms. The first kappa shape index (κ1) is 20.7. The quantitative estimate of drug-likeness (QED) is 0.585. The Balaban J connectivity index is 1.51. The van der Waals surface area contributed by atoms with E-state index < -0.39 is 6.04 Å². The topological polar surface area (TPSA) is 102 Å². The summed E-state index contributed by atoms with van der Waals surface area (Å²) in [5.41, 5.74) is 3.11. The molecule has 0 saturated carbocycles. The Morgan fingerprint density at radius 3 is 2.62 bits per heavy atom. The summed E-state index contributed by atoms with van der Waals surface area (Å²) in [6.07, 6.45) is 3.37. The van der Waals surface area contributed by atoms with Gasteiger partial charge in [-0.25, -0.2) is 0 Å². The minimum absolute atomic E-state index is 0.116. The molecule has 1 atom stereocenters. The molecule has 0 radical (unpaired) electrons. The van der Waals surface area contributed by atoms with Crippen molar-refractivity contribution in [3.05, 3.63) is 59.7 Å². The number of amides is 2. The number of carbonyl (C=O) groups is 2. The standard InChI is InChI=1S/C20H23N5O3S/c1-13-18(15(3)28-24-13)11-29-12-19(26)22-16-6-4-7-17(10-16)23-20(27)14(2)25-9-5-8-21-25/h4-10,14H,11-12H2,1-3H3,(H,22,26)(H,23,27). The van der Waals surface area contributed by atoms with Gasteiger partial charge in [0.25, 0.3) is 0 Å². The first-order valence-corrected chi connectivity index (χ1v) is 10.3. The van der Waals surface area contributed by atoms with E-state index in [-0.39, 0.29) is 11.8 Å². The van der Waals surface area contributed by atoms with E-state index in [9.17, 15) is 9.59 Å². The number of thioether (sulfide) groups is 1. The molecule has 0 bridgehead atoms. The van der Waals surface area contributed by atoms with Crippen LogP contribution in [0.5, 0.6) is 0 Å². The molecule has 3 rings (SSSR count). The molecule has 9 heteroatoms. The van der Waals surface area contributed by atoms with Crippen molar-refractivity contribution >= 4 is 35.0 Å². The Morgan fingerprint density at radius 2 is 1.97 bits per heavy atom. The summed E-state index contributed by atoms with van der Waals surface area (Å²) in [6.45, 7) is 5.52. The maximum Gasteiger partial charge on any atom is 0.248 e. The van der Waals surface area contributed by atoms with Gasteiger partial charge >= 0.3 is 0 Å². The lowest BCUT2D eigenvalue weighted by atomic mass is 10.2. The van der Waals surface area contributed by atoms with E-state index in [0.29, 0.717) is 22.9 Å². The molecule has 0 fully saturated rings. The van der Waals surface area contributed by atoms with Gasteiger partial charge in [-0.05, 0) is 45.0 Å². The fourth-order valence-corrected chi connectivity index (χ4v) is 3.68. The van der Waals surface area contributed by atoms with E-state index >= 15 is 0 Å². The number of hydrogen-bond donors (Lipinski definition) is 2. The maximum absolute atomic E-state index is 12.4. The first-order chi connectivity index (χ1) is 13.9. The zero-order chi connectivity index (χ0) is 20.8. The van der Waals surface area contributed by atoms with Gasteiger partial charge < -0.3 is 15.2 Å². The van der Waals surface area contributed by atoms with Crippen LogP contribution in [0.4, 0.5) is 11.4 Å². The number of carbonyl (C=O) groups excluding carboxylic acids is 2. The number of nitrogens with zero attached hydrogens (tertiary/aromatic N) is 3. The molecule has 152 valence electrons. The third kappa shape index (κ3) is 5.47. The molecule has 3 aromatic rings. The molecule has 0 saturated heterocycles. The summed E-state index contributed by atoms with van der Waals surface area (Å²) in [4.78, 5) is 24.6. The lowest BCUT2D eigenvalue weighted by Gasteiger charge is -2.13. The van der Waals surface area contributed by atoms with E-state index in [2.05, 4.69) is 20.9 Å². The van der Waals surface area contributed by atoms with Crippen LogP contribution in [0, 0.1) is 13.8 Å². The lowest BCUT2D eigenvalue weighted by molar-refractivity contribution is -0.119. The average molecular weight is 414 g/mol. The van der Waals surface area contributed by atoms with Crippen LogP contribution in [-0.2, 0) is 15.3 Å². The van der Waals surface area contributed by atoms with E-state index in [0.717, 1.165) is 17.0 Å². The Labute approximate surface area is 173 Å². The minimum atomic E-state index is -0.441. The van der Waals surface area contributed by atoms with E-state index in [1.807, 2.05) is 13.8 Å². The molecule has 2 heterocycles. The number of aryl methyl sites for hydroxylation is 2. The number of aromatic nitrogens is 3. The zero-order valence-electron chi connectivity index (χ0n) is 16.5. The molecule has 2 N–H and O–H groups in total. The number of hydrogen-bond acceptors (Lipinski definition) is 6. The molecule has 0 aliphatic heterocycles. The van der Waals surface area contributed by atoms with Crippen molar-refractivity contribution in [2.75, 3.05) is 16.4 Å². The highest BCUT2D eigenvalue weighted by atomic mass is 32.2. The van der Waals surface area contributed by atoms with Crippen LogP contribution in [-0.4, -0.2) is 32.5 Å². The second-order valence-electron chi connectivity index (χ2n) is 6.58. The van der Waals surface area contributed by atoms with Crippen LogP contribution in [0.15, 0.2) is 47.2 Å². The fraction of sp³-hybridized carbons (Fsp3) is 0.300. The molecular formula is C20H23N5O3S. The van der Waals surface area contributed by atoms with Gasteiger partial charge in [0.2, 0.25) is 11.8 Å². The second kappa shape index (κ2) is 9.42. The smallest absolute Gasteiger partial charge is 0.248 e. The summed E-state index contributed by atoms with van der Waals surface area (Å²) in [6, 6.07) is 8.39. The van der Waals surface area contributed by atoms with Gasteiger partial charge in [-0.1, -0.05) is 11.2 Å². The second-order valence-corrected chi connectivity index (χ2v) is 7.56. The predicted molar refractivity (Wildman–Crippen MR) is 113 cm³/mol. The molecule has 0 aliphatic carbocycles. The van der Waals surface area contributed by atoms with Crippen molar-refractivity contribution in [1.29, 1.82) is 0 Å². The highest BCUT2D eigenvalue weighted by Crippen LogP contribution is 2.20. The van der Waals surface area contributed by atoms with Crippen molar-refractivity contribution < 1.29 is 14.1 Å². The Kier molecular flexibility index (Phi) is 6.71. The summed E-state index contributed by atoms with van der Waals surface area (Å²) in [5.74, 6) is 1.44. The van der Waals surface area contributed by atoms with Gasteiger partial charge in [0, 0.05) is 35.1 Å². The zero-order valence-corrected chi connectivity index (χ0v) is 17.3. The van der Waals surface area contributed by atoms with Crippen molar-refractivity contribution in [2.24, 2.45) is 0 Å². The van der Waals surface area contributed by atoms with Crippen molar-refractivity contribution in [3.8, 4) is 0 Å². The van der Waals surface area contributed by atoms with Gasteiger partial charge in [-0.3, -0.25) is 14.3 Å². The third-order valence-electron chi connectivity index (χ3n) is 4.38. The number of rotatable bonds is 8. The SMILES string of the molecule is Cc1noc(C)c1CSCC(=O)Nc1cccc(NC(=O)C(C)n2cccn2)c1. The predicted octanol–water partition coefficient (Wildman–Crippen LogP) is 3.56. The highest BCUT2D eigenvalue weighted by Gasteiger charge is 2.15. The van der Waals surface area contributed by atoms with Crippen molar-refractivity contribution in [1.82, 2.24) is 14.9 Å². The van der Waals surface area contributed by atoms with Crippen LogP contribution < -0.4 is 10.6 Å². The Morgan fingerprint density at radius 1 is 1.21 bits per heavy atom. The third-order valence-corrected chi connectivity index (χ3v) is 5.33. The van der Waals surface area contributed by atoms with Gasteiger partial charge in [0.05, 0.1) is 11.4 Å². The molecule has 2 amide bonds. The molecule has 8 nitrogen and oxygen atoms in total. The minimum Gasteiger partial charge on any atom is -0.361 e. The highest BCUT2D eigenvalue weighted by molar-refractivity contribution is 7.99. The molecule has 0 aliphatic rings. The van der Waals surface area contributed by atoms with Gasteiger partial charge in [0.15, 0.2) is 0 Å². The largest absolute Gasteiger partial charge is 0.361 e. The molecule has 1 aromatic carbocycles. The summed E-state index contributed by atoms with van der Waals surface area (Å²) in [7, 11) is 0. The molecule has 2 aromatic heterocycles. The van der Waals surface area contributed by atoms with Gasteiger partial charge in [-0.15, -0.1) is 11.8 Å². The van der Waals surface area contributed by atoms with Crippen LogP contribution >= 0.6 is 11.8 Å². The monoisotopic (exact) mass is 413 g/mol. The average Bonchev–Trinajstić information content (AvgIpc) is 3.33.